The molecule has 1 aromatic carbocycles. The lowest BCUT2D eigenvalue weighted by molar-refractivity contribution is -0.137. The lowest BCUT2D eigenvalue weighted by Crippen LogP contribution is -2.13. The number of thioether (sulfide) groups is 1. The Kier molecular flexibility index (Phi) is 10.6. The second-order valence-electron chi connectivity index (χ2n) is 6.47. The van der Waals surface area contributed by atoms with E-state index in [1.54, 1.807) is 6.26 Å². The monoisotopic (exact) mass is 467 g/mol. The van der Waals surface area contributed by atoms with E-state index in [1.165, 1.54) is 48.5 Å². The smallest absolute Gasteiger partial charge is 0.388 e. The lowest BCUT2D eigenvalue weighted by atomic mass is 10.0. The highest BCUT2D eigenvalue weighted by Crippen LogP contribution is 2.35. The molecule has 1 aromatic rings. The van der Waals surface area contributed by atoms with Gasteiger partial charge in [0.1, 0.15) is 17.8 Å². The normalized spacial score (nSPS) is 14.4. The molecule has 1 aliphatic carbocycles. The summed E-state index contributed by atoms with van der Waals surface area (Å²) >= 11 is 1.25. The summed E-state index contributed by atoms with van der Waals surface area (Å²) in [6, 6.07) is 3.27. The predicted octanol–water partition coefficient (Wildman–Crippen LogP) is 4.06. The minimum absolute atomic E-state index is 0.0235. The summed E-state index contributed by atoms with van der Waals surface area (Å²) in [4.78, 5) is 28.5. The maximum atomic E-state index is 12.9. The van der Waals surface area contributed by atoms with E-state index < -0.39 is 17.6 Å². The molecule has 0 aliphatic heterocycles. The molecule has 32 heavy (non-hydrogen) atoms. The minimum atomic E-state index is -4.51. The average molecular weight is 468 g/mol. The average Bonchev–Trinajstić information content (AvgIpc) is 3.59. The van der Waals surface area contributed by atoms with Crippen LogP contribution in [0, 0.1) is 11.3 Å². The third-order valence-electron chi connectivity index (χ3n) is 3.99. The minimum Gasteiger partial charge on any atom is -0.388 e. The Labute approximate surface area is 188 Å². The highest BCUT2D eigenvalue weighted by Gasteiger charge is 2.33. The number of nitrogens with zero attached hydrogens (tertiary/aromatic N) is 2. The number of anilines is 1. The standard InChI is InChI=1S/C17H18F3N5OS.C4H6O/c1-23-13-8-10(4-5-11(13)17(18,19)20)12(21)6-7-15(22)25-16(26)14(24-2)9-27-3;5-3-4-1-2-4/h4-9,21,23H,2H2,1,3H3,(H2,22,25,26);3-4H,1-2H2/b7-6-,14-9-,21-12?;. The van der Waals surface area contributed by atoms with Crippen molar-refractivity contribution in [3.8, 4) is 0 Å². The summed E-state index contributed by atoms with van der Waals surface area (Å²) in [5.74, 6) is -0.420. The van der Waals surface area contributed by atoms with Crippen molar-refractivity contribution in [1.29, 1.82) is 5.41 Å². The number of aliphatic imine (C=N–C) groups is 2. The van der Waals surface area contributed by atoms with Crippen LogP contribution in [0.4, 0.5) is 18.9 Å². The number of nitrogens with two attached hydrogens (primary N) is 1. The quantitative estimate of drug-likeness (QED) is 0.230. The fourth-order valence-electron chi connectivity index (χ4n) is 2.14. The largest absolute Gasteiger partial charge is 0.418 e. The molecule has 2 rings (SSSR count). The first-order chi connectivity index (χ1) is 15.1. The molecule has 4 N–H and O–H groups in total. The molecule has 0 atom stereocenters. The van der Waals surface area contributed by atoms with Crippen molar-refractivity contribution in [3.05, 3.63) is 52.6 Å². The molecular formula is C21H24F3N5O2S. The number of benzene rings is 1. The third-order valence-corrected chi connectivity index (χ3v) is 4.45. The highest BCUT2D eigenvalue weighted by molar-refractivity contribution is 8.01. The van der Waals surface area contributed by atoms with Gasteiger partial charge in [0.2, 0.25) is 0 Å². The van der Waals surface area contributed by atoms with Gasteiger partial charge in [-0.05, 0) is 50.1 Å². The number of carbonyl (C=O) groups is 2. The molecule has 1 aliphatic rings. The second kappa shape index (κ2) is 12.6. The van der Waals surface area contributed by atoms with Gasteiger partial charge < -0.3 is 21.3 Å². The Balaban J connectivity index is 0.000000894. The van der Waals surface area contributed by atoms with E-state index in [9.17, 15) is 22.8 Å². The Bertz CT molecular complexity index is 951. The van der Waals surface area contributed by atoms with Crippen molar-refractivity contribution in [2.75, 3.05) is 18.6 Å². The topological polar surface area (TPSA) is 121 Å². The molecule has 0 spiro atoms. The summed E-state index contributed by atoms with van der Waals surface area (Å²) in [5.41, 5.74) is 4.78. The van der Waals surface area contributed by atoms with Crippen LogP contribution in [0.2, 0.25) is 0 Å². The van der Waals surface area contributed by atoms with Crippen LogP contribution in [0.5, 0.6) is 0 Å². The number of carbonyl (C=O) groups excluding carboxylic acids is 2. The van der Waals surface area contributed by atoms with E-state index in [4.69, 9.17) is 11.1 Å². The van der Waals surface area contributed by atoms with Gasteiger partial charge in [0.15, 0.2) is 0 Å². The number of aldehydes is 1. The van der Waals surface area contributed by atoms with E-state index in [2.05, 4.69) is 22.0 Å². The van der Waals surface area contributed by atoms with E-state index in [0.717, 1.165) is 25.2 Å². The summed E-state index contributed by atoms with van der Waals surface area (Å²) in [6.45, 7) is 3.26. The Morgan fingerprint density at radius 3 is 2.44 bits per heavy atom. The molecule has 11 heteroatoms. The van der Waals surface area contributed by atoms with Crippen LogP contribution < -0.4 is 11.1 Å². The molecule has 172 valence electrons. The van der Waals surface area contributed by atoms with Crippen LogP contribution >= 0.6 is 11.8 Å². The van der Waals surface area contributed by atoms with Gasteiger partial charge in [0.25, 0.3) is 5.91 Å². The first-order valence-corrected chi connectivity index (χ1v) is 10.6. The number of nitrogens with one attached hydrogen (secondary N) is 2. The summed E-state index contributed by atoms with van der Waals surface area (Å²) in [5, 5.41) is 11.9. The Morgan fingerprint density at radius 2 is 2.00 bits per heavy atom. The van der Waals surface area contributed by atoms with Crippen LogP contribution in [0.3, 0.4) is 0 Å². The number of amides is 1. The Morgan fingerprint density at radius 1 is 1.34 bits per heavy atom. The van der Waals surface area contributed by atoms with E-state index in [1.807, 2.05) is 0 Å². The van der Waals surface area contributed by atoms with Crippen LogP contribution in [-0.2, 0) is 15.8 Å². The Hall–Kier alpha value is -3.21. The predicted molar refractivity (Wildman–Crippen MR) is 124 cm³/mol. The lowest BCUT2D eigenvalue weighted by Gasteiger charge is -2.13. The third kappa shape index (κ3) is 8.88. The van der Waals surface area contributed by atoms with Crippen molar-refractivity contribution in [2.24, 2.45) is 21.6 Å². The van der Waals surface area contributed by atoms with E-state index in [-0.39, 0.29) is 28.5 Å². The summed E-state index contributed by atoms with van der Waals surface area (Å²) in [7, 11) is 1.36. The zero-order valence-electron chi connectivity index (χ0n) is 17.6. The summed E-state index contributed by atoms with van der Waals surface area (Å²) < 4.78 is 38.7. The van der Waals surface area contributed by atoms with Crippen LogP contribution in [0.15, 0.2) is 51.4 Å². The van der Waals surface area contributed by atoms with Crippen molar-refractivity contribution in [1.82, 2.24) is 0 Å². The fraction of sp³-hybridized carbons (Fsp3) is 0.286. The first kappa shape index (κ1) is 26.8. The molecule has 1 saturated carbocycles. The van der Waals surface area contributed by atoms with Gasteiger partial charge in [-0.15, -0.1) is 11.8 Å². The van der Waals surface area contributed by atoms with Gasteiger partial charge in [0, 0.05) is 29.6 Å². The fourth-order valence-corrected chi connectivity index (χ4v) is 2.54. The van der Waals surface area contributed by atoms with Crippen molar-refractivity contribution in [3.63, 3.8) is 0 Å². The number of amidine groups is 1. The van der Waals surface area contributed by atoms with Crippen LogP contribution in [-0.4, -0.2) is 43.8 Å². The zero-order chi connectivity index (χ0) is 24.3. The maximum Gasteiger partial charge on any atom is 0.418 e. The SMILES string of the molecule is C=N/C(=C\SC)C(=O)N=C(N)/C=C\C(=N)c1ccc(C(F)(F)F)c(NC)c1.O=CC1CC1. The number of hydrogen-bond acceptors (Lipinski definition) is 6. The van der Waals surface area contributed by atoms with Gasteiger partial charge in [-0.3, -0.25) is 9.79 Å². The molecule has 0 radical (unpaired) electrons. The van der Waals surface area contributed by atoms with Gasteiger partial charge in [-0.25, -0.2) is 0 Å². The molecular weight excluding hydrogens is 443 g/mol. The first-order valence-electron chi connectivity index (χ1n) is 9.26. The van der Waals surface area contributed by atoms with E-state index >= 15 is 0 Å². The zero-order valence-corrected chi connectivity index (χ0v) is 18.4. The molecule has 0 saturated heterocycles. The summed E-state index contributed by atoms with van der Waals surface area (Å²) in [6.07, 6.45) is 2.97. The molecule has 7 nitrogen and oxygen atoms in total. The molecule has 0 unspecified atom stereocenters. The number of alkyl halides is 3. The van der Waals surface area contributed by atoms with Crippen LogP contribution in [0.25, 0.3) is 0 Å². The number of rotatable bonds is 8. The highest BCUT2D eigenvalue weighted by atomic mass is 32.2. The van der Waals surface area contributed by atoms with Crippen molar-refractivity contribution in [2.45, 2.75) is 19.0 Å². The maximum absolute atomic E-state index is 12.9. The molecule has 1 amide bonds. The number of hydrogen-bond donors (Lipinski definition) is 3. The van der Waals surface area contributed by atoms with Crippen molar-refractivity contribution < 1.29 is 22.8 Å². The van der Waals surface area contributed by atoms with E-state index in [0.29, 0.717) is 5.92 Å². The van der Waals surface area contributed by atoms with Crippen LogP contribution in [0.1, 0.15) is 24.0 Å². The van der Waals surface area contributed by atoms with Gasteiger partial charge in [0.05, 0.1) is 11.3 Å². The second-order valence-corrected chi connectivity index (χ2v) is 7.17. The van der Waals surface area contributed by atoms with Gasteiger partial charge in [-0.1, -0.05) is 6.07 Å². The molecule has 0 heterocycles. The van der Waals surface area contributed by atoms with Gasteiger partial charge in [-0.2, -0.15) is 18.2 Å². The number of allylic oxidation sites excluding steroid dienone is 1. The molecule has 0 bridgehead atoms. The van der Waals surface area contributed by atoms with Gasteiger partial charge >= 0.3 is 6.18 Å². The van der Waals surface area contributed by atoms with Crippen molar-refractivity contribution >= 4 is 47.9 Å². The molecule has 1 fully saturated rings. The number of halogens is 3. The molecule has 0 aromatic heterocycles.